The summed E-state index contributed by atoms with van der Waals surface area (Å²) in [5.74, 6) is -2.39. The minimum absolute atomic E-state index is 0.0156. The molecular weight excluding hydrogens is 483 g/mol. The highest BCUT2D eigenvalue weighted by molar-refractivity contribution is 7.92. The third-order valence-corrected chi connectivity index (χ3v) is 6.01. The number of halogens is 2. The lowest BCUT2D eigenvalue weighted by Crippen LogP contribution is -2.26. The van der Waals surface area contributed by atoms with Gasteiger partial charge in [0, 0.05) is 16.4 Å². The lowest BCUT2D eigenvalue weighted by atomic mass is 10.1. The van der Waals surface area contributed by atoms with E-state index in [1.165, 1.54) is 42.5 Å². The maximum atomic E-state index is 14.4. The number of anilines is 2. The summed E-state index contributed by atoms with van der Waals surface area (Å²) in [6.07, 6.45) is 0. The molecule has 0 spiro atoms. The van der Waals surface area contributed by atoms with Gasteiger partial charge in [0.05, 0.1) is 11.1 Å². The standard InChI is InChI=1S/C24H22ClFN2O5S/c1-24(2,3)33-23(30)19-7-5-4-6-18(19)22(29)27-17-12-13-20(26)21(14-17)34(31,32)28-16-10-8-15(25)9-11-16/h4-14,28H,1-3H3,(H,27,29). The van der Waals surface area contributed by atoms with E-state index in [2.05, 4.69) is 10.0 Å². The molecule has 0 saturated carbocycles. The fourth-order valence-electron chi connectivity index (χ4n) is 2.91. The van der Waals surface area contributed by atoms with Crippen molar-refractivity contribution in [3.8, 4) is 0 Å². The van der Waals surface area contributed by atoms with Gasteiger partial charge in [0.25, 0.3) is 15.9 Å². The van der Waals surface area contributed by atoms with Crippen molar-refractivity contribution in [1.82, 2.24) is 0 Å². The van der Waals surface area contributed by atoms with Crippen LogP contribution in [0.3, 0.4) is 0 Å². The predicted octanol–water partition coefficient (Wildman–Crippen LogP) is 5.49. The number of amides is 1. The Hall–Kier alpha value is -3.43. The highest BCUT2D eigenvalue weighted by atomic mass is 35.5. The zero-order valence-electron chi connectivity index (χ0n) is 18.6. The van der Waals surface area contributed by atoms with Gasteiger partial charge in [0.15, 0.2) is 0 Å². The van der Waals surface area contributed by atoms with Gasteiger partial charge in [-0.25, -0.2) is 17.6 Å². The summed E-state index contributed by atoms with van der Waals surface area (Å²) in [6, 6.07) is 15.0. The minimum Gasteiger partial charge on any atom is -0.456 e. The summed E-state index contributed by atoms with van der Waals surface area (Å²) < 4.78 is 47.5. The largest absolute Gasteiger partial charge is 0.456 e. The summed E-state index contributed by atoms with van der Waals surface area (Å²) in [6.45, 7) is 5.10. The van der Waals surface area contributed by atoms with Gasteiger partial charge in [0.2, 0.25) is 0 Å². The second-order valence-electron chi connectivity index (χ2n) is 8.26. The molecule has 0 aliphatic heterocycles. The molecule has 0 aliphatic rings. The van der Waals surface area contributed by atoms with Gasteiger partial charge < -0.3 is 10.1 Å². The van der Waals surface area contributed by atoms with E-state index in [0.29, 0.717) is 5.02 Å². The molecule has 0 unspecified atom stereocenters. The molecule has 10 heteroatoms. The molecular formula is C24H22ClFN2O5S. The number of hydrogen-bond donors (Lipinski definition) is 2. The number of carbonyl (C=O) groups excluding carboxylic acids is 2. The first-order valence-corrected chi connectivity index (χ1v) is 11.9. The van der Waals surface area contributed by atoms with E-state index < -0.39 is 38.2 Å². The molecule has 2 N–H and O–H groups in total. The van der Waals surface area contributed by atoms with Crippen molar-refractivity contribution < 1.29 is 27.1 Å². The van der Waals surface area contributed by atoms with Crippen LogP contribution in [0, 0.1) is 5.82 Å². The van der Waals surface area contributed by atoms with E-state index >= 15 is 0 Å². The summed E-state index contributed by atoms with van der Waals surface area (Å²) >= 11 is 5.80. The van der Waals surface area contributed by atoms with Crippen molar-refractivity contribution in [3.63, 3.8) is 0 Å². The van der Waals surface area contributed by atoms with Gasteiger partial charge >= 0.3 is 5.97 Å². The number of esters is 1. The van der Waals surface area contributed by atoms with Crippen molar-refractivity contribution in [2.75, 3.05) is 10.0 Å². The quantitative estimate of drug-likeness (QED) is 0.432. The van der Waals surface area contributed by atoms with Crippen molar-refractivity contribution in [2.45, 2.75) is 31.3 Å². The van der Waals surface area contributed by atoms with Crippen LogP contribution >= 0.6 is 11.6 Å². The molecule has 0 saturated heterocycles. The van der Waals surface area contributed by atoms with Crippen LogP contribution in [-0.2, 0) is 14.8 Å². The SMILES string of the molecule is CC(C)(C)OC(=O)c1ccccc1C(=O)Nc1ccc(F)c(S(=O)(=O)Nc2ccc(Cl)cc2)c1. The number of hydrogen-bond acceptors (Lipinski definition) is 5. The van der Waals surface area contributed by atoms with E-state index in [4.69, 9.17) is 16.3 Å². The monoisotopic (exact) mass is 504 g/mol. The zero-order chi connectivity index (χ0) is 25.1. The maximum Gasteiger partial charge on any atom is 0.339 e. The molecule has 0 aromatic heterocycles. The first kappa shape index (κ1) is 25.2. The minimum atomic E-state index is -4.32. The number of benzene rings is 3. The Balaban J connectivity index is 1.87. The van der Waals surface area contributed by atoms with E-state index in [0.717, 1.165) is 12.1 Å². The maximum absolute atomic E-state index is 14.4. The molecule has 0 aliphatic carbocycles. The van der Waals surface area contributed by atoms with Crippen molar-refractivity contribution in [3.05, 3.63) is 88.7 Å². The smallest absolute Gasteiger partial charge is 0.339 e. The molecule has 3 rings (SSSR count). The number of sulfonamides is 1. The first-order valence-electron chi connectivity index (χ1n) is 10.1. The van der Waals surface area contributed by atoms with Crippen LogP contribution in [0.4, 0.5) is 15.8 Å². The highest BCUT2D eigenvalue weighted by Gasteiger charge is 2.24. The second-order valence-corrected chi connectivity index (χ2v) is 10.3. The summed E-state index contributed by atoms with van der Waals surface area (Å²) in [5, 5.41) is 2.91. The molecule has 34 heavy (non-hydrogen) atoms. The number of rotatable bonds is 6. The Labute approximate surface area is 202 Å². The first-order chi connectivity index (χ1) is 15.9. The molecule has 1 amide bonds. The van der Waals surface area contributed by atoms with Crippen molar-refractivity contribution in [2.24, 2.45) is 0 Å². The number of ether oxygens (including phenoxy) is 1. The topological polar surface area (TPSA) is 102 Å². The van der Waals surface area contributed by atoms with Gasteiger partial charge in [-0.1, -0.05) is 23.7 Å². The molecule has 3 aromatic rings. The Bertz CT molecular complexity index is 1340. The van der Waals surface area contributed by atoms with Crippen molar-refractivity contribution in [1.29, 1.82) is 0 Å². The van der Waals surface area contributed by atoms with Crippen LogP contribution in [0.25, 0.3) is 0 Å². The number of nitrogens with one attached hydrogen (secondary N) is 2. The molecule has 3 aromatic carbocycles. The summed E-state index contributed by atoms with van der Waals surface area (Å²) in [7, 11) is -4.32. The van der Waals surface area contributed by atoms with Gasteiger partial charge in [-0.15, -0.1) is 0 Å². The lowest BCUT2D eigenvalue weighted by Gasteiger charge is -2.20. The lowest BCUT2D eigenvalue weighted by molar-refractivity contribution is 0.00678. The molecule has 7 nitrogen and oxygen atoms in total. The van der Waals surface area contributed by atoms with Crippen LogP contribution in [0.2, 0.25) is 5.02 Å². The summed E-state index contributed by atoms with van der Waals surface area (Å²) in [4.78, 5) is 24.7. The third kappa shape index (κ3) is 6.33. The van der Waals surface area contributed by atoms with E-state index in [-0.39, 0.29) is 22.5 Å². The zero-order valence-corrected chi connectivity index (χ0v) is 20.1. The average Bonchev–Trinajstić information content (AvgIpc) is 2.75. The van der Waals surface area contributed by atoms with Crippen LogP contribution in [0.15, 0.2) is 71.6 Å². The molecule has 0 fully saturated rings. The molecule has 0 heterocycles. The summed E-state index contributed by atoms with van der Waals surface area (Å²) in [5.41, 5.74) is -0.511. The van der Waals surface area contributed by atoms with Crippen LogP contribution in [0.1, 0.15) is 41.5 Å². The van der Waals surface area contributed by atoms with Gasteiger partial charge in [-0.3, -0.25) is 9.52 Å². The highest BCUT2D eigenvalue weighted by Crippen LogP contribution is 2.24. The predicted molar refractivity (Wildman–Crippen MR) is 128 cm³/mol. The van der Waals surface area contributed by atoms with Crippen molar-refractivity contribution >= 4 is 44.9 Å². The Morgan fingerprint density at radius 3 is 2.12 bits per heavy atom. The Morgan fingerprint density at radius 2 is 1.50 bits per heavy atom. The van der Waals surface area contributed by atoms with Gasteiger partial charge in [-0.2, -0.15) is 0 Å². The third-order valence-electron chi connectivity index (χ3n) is 4.37. The molecule has 0 bridgehead atoms. The van der Waals surface area contributed by atoms with E-state index in [1.807, 2.05) is 0 Å². The van der Waals surface area contributed by atoms with Gasteiger partial charge in [0.1, 0.15) is 16.3 Å². The fraction of sp³-hybridized carbons (Fsp3) is 0.167. The second kappa shape index (κ2) is 9.82. The molecule has 178 valence electrons. The van der Waals surface area contributed by atoms with Crippen LogP contribution < -0.4 is 10.0 Å². The molecule has 0 atom stereocenters. The van der Waals surface area contributed by atoms with E-state index in [9.17, 15) is 22.4 Å². The fourth-order valence-corrected chi connectivity index (χ4v) is 4.19. The Morgan fingerprint density at radius 1 is 0.912 bits per heavy atom. The normalized spacial score (nSPS) is 11.6. The molecule has 0 radical (unpaired) electrons. The van der Waals surface area contributed by atoms with Gasteiger partial charge in [-0.05, 0) is 75.4 Å². The van der Waals surface area contributed by atoms with Crippen LogP contribution in [-0.4, -0.2) is 25.9 Å². The van der Waals surface area contributed by atoms with E-state index in [1.54, 1.807) is 32.9 Å². The average molecular weight is 505 g/mol. The number of carbonyl (C=O) groups is 2. The Kier molecular flexibility index (Phi) is 7.28. The van der Waals surface area contributed by atoms with Crippen LogP contribution in [0.5, 0.6) is 0 Å².